The molecule has 0 fully saturated rings. The van der Waals surface area contributed by atoms with Gasteiger partial charge in [-0.3, -0.25) is 0 Å². The van der Waals surface area contributed by atoms with Gasteiger partial charge in [0.25, 0.3) is 0 Å². The maximum Gasteiger partial charge on any atom is 0.122 e. The van der Waals surface area contributed by atoms with Gasteiger partial charge in [0.05, 0.1) is 11.4 Å². The summed E-state index contributed by atoms with van der Waals surface area (Å²) >= 11 is 3.84. The van der Waals surface area contributed by atoms with Gasteiger partial charge >= 0.3 is 0 Å². The lowest BCUT2D eigenvalue weighted by Crippen LogP contribution is -2.10. The molecule has 1 unspecified atom stereocenters. The first kappa shape index (κ1) is 14.6. The second-order valence-corrected chi connectivity index (χ2v) is 7.62. The summed E-state index contributed by atoms with van der Waals surface area (Å²) in [5, 5.41) is 0. The van der Waals surface area contributed by atoms with Crippen LogP contribution in [0, 0.1) is 0 Å². The predicted molar refractivity (Wildman–Crippen MR) is 91.6 cm³/mol. The van der Waals surface area contributed by atoms with Crippen LogP contribution in [0.2, 0.25) is 0 Å². The van der Waals surface area contributed by atoms with E-state index in [1.165, 1.54) is 22.3 Å². The summed E-state index contributed by atoms with van der Waals surface area (Å²) in [6.45, 7) is 7.54. The van der Waals surface area contributed by atoms with Gasteiger partial charge in [-0.15, -0.1) is 0 Å². The summed E-state index contributed by atoms with van der Waals surface area (Å²) in [6, 6.07) is 15.4. The second-order valence-electron chi connectivity index (χ2n) is 6.70. The van der Waals surface area contributed by atoms with E-state index in [9.17, 15) is 0 Å². The smallest absolute Gasteiger partial charge is 0.122 e. The Kier molecular flexibility index (Phi) is 3.83. The van der Waals surface area contributed by atoms with Crippen molar-refractivity contribution >= 4 is 15.9 Å². The van der Waals surface area contributed by atoms with Crippen LogP contribution in [0.25, 0.3) is 0 Å². The zero-order chi connectivity index (χ0) is 15.0. The quantitative estimate of drug-likeness (QED) is 0.662. The summed E-state index contributed by atoms with van der Waals surface area (Å²) in [4.78, 5) is 0.234. The number of alkyl halides is 1. The fraction of sp³-hybridized carbons (Fsp3) is 0.368. The monoisotopic (exact) mass is 344 g/mol. The van der Waals surface area contributed by atoms with Crippen LogP contribution in [-0.2, 0) is 11.8 Å². The number of hydrogen-bond acceptors (Lipinski definition) is 1. The fourth-order valence-electron chi connectivity index (χ4n) is 2.71. The van der Waals surface area contributed by atoms with Gasteiger partial charge < -0.3 is 4.74 Å². The Labute approximate surface area is 135 Å². The van der Waals surface area contributed by atoms with E-state index >= 15 is 0 Å². The van der Waals surface area contributed by atoms with Crippen LogP contribution >= 0.6 is 15.9 Å². The van der Waals surface area contributed by atoms with Crippen LogP contribution < -0.4 is 4.74 Å². The topological polar surface area (TPSA) is 9.23 Å². The lowest BCUT2D eigenvalue weighted by Gasteiger charge is -2.20. The summed E-state index contributed by atoms with van der Waals surface area (Å²) in [5.74, 6) is 1.04. The van der Waals surface area contributed by atoms with E-state index in [2.05, 4.69) is 79.2 Å². The molecule has 0 bridgehead atoms. The molecule has 2 aromatic rings. The van der Waals surface area contributed by atoms with Gasteiger partial charge in [0, 0.05) is 6.42 Å². The molecule has 3 rings (SSSR count). The van der Waals surface area contributed by atoms with Crippen molar-refractivity contribution in [1.29, 1.82) is 0 Å². The average molecular weight is 345 g/mol. The Morgan fingerprint density at radius 3 is 2.33 bits per heavy atom. The molecule has 0 saturated heterocycles. The van der Waals surface area contributed by atoms with Crippen molar-refractivity contribution in [3.8, 4) is 5.75 Å². The average Bonchev–Trinajstić information content (AvgIpc) is 2.93. The number of rotatable bonds is 2. The standard InChI is InChI=1S/C19H21BrO/c1-19(2,3)16-7-4-13(5-8-16)18(20)15-6-9-17-14(12-15)10-11-21-17/h4-9,12,18H,10-11H2,1-3H3. The third-order valence-electron chi connectivity index (χ3n) is 4.08. The lowest BCUT2D eigenvalue weighted by atomic mass is 9.86. The third-order valence-corrected chi connectivity index (χ3v) is 5.13. The van der Waals surface area contributed by atoms with Gasteiger partial charge in [0.15, 0.2) is 0 Å². The Bertz CT molecular complexity index is 638. The number of halogens is 1. The molecular weight excluding hydrogens is 324 g/mol. The number of hydrogen-bond donors (Lipinski definition) is 0. The highest BCUT2D eigenvalue weighted by Gasteiger charge is 2.18. The Morgan fingerprint density at radius 1 is 1.00 bits per heavy atom. The minimum Gasteiger partial charge on any atom is -0.493 e. The van der Waals surface area contributed by atoms with Gasteiger partial charge in [0.2, 0.25) is 0 Å². The third kappa shape index (κ3) is 3.01. The zero-order valence-corrected chi connectivity index (χ0v) is 14.4. The molecule has 0 N–H and O–H groups in total. The van der Waals surface area contributed by atoms with Crippen molar-refractivity contribution in [2.24, 2.45) is 0 Å². The molecule has 2 aromatic carbocycles. The summed E-state index contributed by atoms with van der Waals surface area (Å²) in [5.41, 5.74) is 5.48. The largest absolute Gasteiger partial charge is 0.493 e. The van der Waals surface area contributed by atoms with E-state index in [1.54, 1.807) is 0 Å². The molecule has 0 amide bonds. The molecule has 0 spiro atoms. The number of fused-ring (bicyclic) bond motifs is 1. The minimum absolute atomic E-state index is 0.200. The van der Waals surface area contributed by atoms with Gasteiger partial charge in [0.1, 0.15) is 5.75 Å². The molecule has 0 aliphatic carbocycles. The molecule has 0 radical (unpaired) electrons. The van der Waals surface area contributed by atoms with E-state index in [0.29, 0.717) is 0 Å². The minimum atomic E-state index is 0.200. The molecule has 21 heavy (non-hydrogen) atoms. The first-order valence-electron chi connectivity index (χ1n) is 7.45. The van der Waals surface area contributed by atoms with E-state index in [0.717, 1.165) is 18.8 Å². The van der Waals surface area contributed by atoms with E-state index in [4.69, 9.17) is 4.74 Å². The van der Waals surface area contributed by atoms with Gasteiger partial charge in [-0.2, -0.15) is 0 Å². The molecule has 0 saturated carbocycles. The molecule has 1 nitrogen and oxygen atoms in total. The van der Waals surface area contributed by atoms with E-state index in [-0.39, 0.29) is 10.2 Å². The molecule has 1 aliphatic rings. The first-order valence-corrected chi connectivity index (χ1v) is 8.37. The lowest BCUT2D eigenvalue weighted by molar-refractivity contribution is 0.357. The van der Waals surface area contributed by atoms with Crippen molar-refractivity contribution in [2.75, 3.05) is 6.61 Å². The summed E-state index contributed by atoms with van der Waals surface area (Å²) in [6.07, 6.45) is 1.02. The summed E-state index contributed by atoms with van der Waals surface area (Å²) < 4.78 is 5.58. The zero-order valence-electron chi connectivity index (χ0n) is 12.8. The van der Waals surface area contributed by atoms with Gasteiger partial charge in [-0.1, -0.05) is 73.1 Å². The first-order chi connectivity index (χ1) is 9.95. The molecule has 1 heterocycles. The Morgan fingerprint density at radius 2 is 1.67 bits per heavy atom. The van der Waals surface area contributed by atoms with Crippen molar-refractivity contribution in [3.05, 3.63) is 64.7 Å². The van der Waals surface area contributed by atoms with Gasteiger partial charge in [-0.25, -0.2) is 0 Å². The van der Waals surface area contributed by atoms with Crippen molar-refractivity contribution < 1.29 is 4.74 Å². The molecule has 1 atom stereocenters. The van der Waals surface area contributed by atoms with Crippen LogP contribution in [0.1, 0.15) is 47.9 Å². The van der Waals surface area contributed by atoms with Crippen LogP contribution in [0.15, 0.2) is 42.5 Å². The SMILES string of the molecule is CC(C)(C)c1ccc(C(Br)c2ccc3c(c2)CCO3)cc1. The maximum atomic E-state index is 5.58. The van der Waals surface area contributed by atoms with Gasteiger partial charge in [-0.05, 0) is 33.7 Å². The highest BCUT2D eigenvalue weighted by atomic mass is 79.9. The van der Waals surface area contributed by atoms with E-state index < -0.39 is 0 Å². The maximum absolute atomic E-state index is 5.58. The molecule has 0 aromatic heterocycles. The van der Waals surface area contributed by atoms with Crippen LogP contribution in [0.4, 0.5) is 0 Å². The fourth-order valence-corrected chi connectivity index (χ4v) is 3.30. The van der Waals surface area contributed by atoms with Crippen LogP contribution in [-0.4, -0.2) is 6.61 Å². The molecule has 1 aliphatic heterocycles. The van der Waals surface area contributed by atoms with Crippen molar-refractivity contribution in [3.63, 3.8) is 0 Å². The van der Waals surface area contributed by atoms with Crippen molar-refractivity contribution in [1.82, 2.24) is 0 Å². The number of ether oxygens (including phenoxy) is 1. The Hall–Kier alpha value is -1.28. The van der Waals surface area contributed by atoms with Crippen LogP contribution in [0.5, 0.6) is 5.75 Å². The number of benzene rings is 2. The molecule has 2 heteroatoms. The predicted octanol–water partition coefficient (Wildman–Crippen LogP) is 5.40. The van der Waals surface area contributed by atoms with Crippen molar-refractivity contribution in [2.45, 2.75) is 37.4 Å². The molecule has 110 valence electrons. The highest BCUT2D eigenvalue weighted by Crippen LogP contribution is 2.35. The highest BCUT2D eigenvalue weighted by molar-refractivity contribution is 9.09. The summed E-state index contributed by atoms with van der Waals surface area (Å²) in [7, 11) is 0. The second kappa shape index (κ2) is 5.49. The van der Waals surface area contributed by atoms with E-state index in [1.807, 2.05) is 0 Å². The normalized spacial score (nSPS) is 15.4. The Balaban J connectivity index is 1.86. The van der Waals surface area contributed by atoms with Crippen LogP contribution in [0.3, 0.4) is 0 Å². The molecular formula is C19H21BrO.